The molecule has 148 valence electrons. The normalized spacial score (nSPS) is 15.0. The number of carbonyl (C=O) groups excluding carboxylic acids is 3. The molecule has 2 aromatic rings. The predicted molar refractivity (Wildman–Crippen MR) is 108 cm³/mol. The van der Waals surface area contributed by atoms with Crippen molar-refractivity contribution in [2.24, 2.45) is 0 Å². The predicted octanol–water partition coefficient (Wildman–Crippen LogP) is 3.34. The number of nitriles is 1. The van der Waals surface area contributed by atoms with E-state index >= 15 is 0 Å². The van der Waals surface area contributed by atoms with Crippen LogP contribution < -0.4 is 10.1 Å². The second-order valence-corrected chi connectivity index (χ2v) is 8.03. The van der Waals surface area contributed by atoms with Crippen molar-refractivity contribution in [1.29, 1.82) is 5.26 Å². The maximum atomic E-state index is 12.2. The molecule has 1 aliphatic heterocycles. The molecule has 3 rings (SSSR count). The number of Topliss-reactive ketones (excluding diaryl/α,β-unsaturated/α-hetero) is 1. The summed E-state index contributed by atoms with van der Waals surface area (Å²) in [6.07, 6.45) is 0. The smallest absolute Gasteiger partial charge is 0.325 e. The monoisotopic (exact) mass is 409 g/mol. The molecule has 29 heavy (non-hydrogen) atoms. The number of imide groups is 1. The van der Waals surface area contributed by atoms with Gasteiger partial charge in [-0.25, -0.2) is 4.79 Å². The van der Waals surface area contributed by atoms with Crippen molar-refractivity contribution in [2.45, 2.75) is 24.3 Å². The van der Waals surface area contributed by atoms with Crippen LogP contribution in [0.2, 0.25) is 0 Å². The van der Waals surface area contributed by atoms with E-state index < -0.39 is 17.5 Å². The number of rotatable bonds is 7. The lowest BCUT2D eigenvalue weighted by Crippen LogP contribution is -2.41. The Kier molecular flexibility index (Phi) is 5.89. The third kappa shape index (κ3) is 4.95. The Morgan fingerprint density at radius 3 is 2.21 bits per heavy atom. The lowest BCUT2D eigenvalue weighted by molar-refractivity contribution is -0.133. The summed E-state index contributed by atoms with van der Waals surface area (Å²) in [4.78, 5) is 38.0. The van der Waals surface area contributed by atoms with Crippen molar-refractivity contribution < 1.29 is 19.1 Å². The average Bonchev–Trinajstić information content (AvgIpc) is 2.89. The molecule has 1 N–H and O–H groups in total. The maximum Gasteiger partial charge on any atom is 0.325 e. The van der Waals surface area contributed by atoms with Crippen molar-refractivity contribution >= 4 is 29.5 Å². The van der Waals surface area contributed by atoms with E-state index in [9.17, 15) is 14.4 Å². The summed E-state index contributed by atoms with van der Waals surface area (Å²) in [6.45, 7) is 2.98. The zero-order chi connectivity index (χ0) is 21.0. The number of hydrogen-bond donors (Lipinski definition) is 1. The number of nitrogens with zero attached hydrogens (tertiary/aromatic N) is 2. The van der Waals surface area contributed by atoms with Crippen LogP contribution >= 0.6 is 11.8 Å². The van der Waals surface area contributed by atoms with Gasteiger partial charge in [-0.2, -0.15) is 5.26 Å². The van der Waals surface area contributed by atoms with Crippen LogP contribution in [-0.4, -0.2) is 40.5 Å². The van der Waals surface area contributed by atoms with Crippen molar-refractivity contribution in [2.75, 3.05) is 12.3 Å². The van der Waals surface area contributed by atoms with Gasteiger partial charge in [-0.05, 0) is 62.4 Å². The minimum absolute atomic E-state index is 0.146. The zero-order valence-electron chi connectivity index (χ0n) is 16.0. The van der Waals surface area contributed by atoms with Crippen molar-refractivity contribution in [3.05, 3.63) is 54.1 Å². The van der Waals surface area contributed by atoms with E-state index in [1.807, 2.05) is 12.1 Å². The first-order valence-corrected chi connectivity index (χ1v) is 9.84. The number of benzene rings is 2. The summed E-state index contributed by atoms with van der Waals surface area (Å²) >= 11 is 1.32. The van der Waals surface area contributed by atoms with Crippen LogP contribution in [0.5, 0.6) is 11.5 Å². The number of urea groups is 1. The highest BCUT2D eigenvalue weighted by molar-refractivity contribution is 8.00. The molecule has 1 saturated heterocycles. The van der Waals surface area contributed by atoms with Gasteiger partial charge < -0.3 is 10.1 Å². The lowest BCUT2D eigenvalue weighted by Gasteiger charge is -2.15. The van der Waals surface area contributed by atoms with Crippen molar-refractivity contribution in [3.63, 3.8) is 0 Å². The fraction of sp³-hybridized carbons (Fsp3) is 0.238. The van der Waals surface area contributed by atoms with Crippen molar-refractivity contribution in [1.82, 2.24) is 10.2 Å². The maximum absolute atomic E-state index is 12.2. The van der Waals surface area contributed by atoms with E-state index in [0.29, 0.717) is 17.1 Å². The topological polar surface area (TPSA) is 99.5 Å². The molecule has 2 aromatic carbocycles. The molecule has 0 radical (unpaired) electrons. The molecular formula is C21H19N3O4S. The Hall–Kier alpha value is -3.31. The van der Waals surface area contributed by atoms with Gasteiger partial charge in [-0.1, -0.05) is 0 Å². The molecule has 0 atom stereocenters. The third-order valence-electron chi connectivity index (χ3n) is 4.22. The van der Waals surface area contributed by atoms with Gasteiger partial charge in [-0.15, -0.1) is 11.8 Å². The van der Waals surface area contributed by atoms with E-state index in [4.69, 9.17) is 10.00 Å². The van der Waals surface area contributed by atoms with Gasteiger partial charge in [0.15, 0.2) is 5.78 Å². The van der Waals surface area contributed by atoms with Crippen molar-refractivity contribution in [3.8, 4) is 17.6 Å². The minimum Gasteiger partial charge on any atom is -0.457 e. The second-order valence-electron chi connectivity index (χ2n) is 6.98. The van der Waals surface area contributed by atoms with Crippen LogP contribution in [-0.2, 0) is 9.59 Å². The Bertz CT molecular complexity index is 978. The molecule has 0 unspecified atom stereocenters. The Morgan fingerprint density at radius 1 is 1.10 bits per heavy atom. The number of amides is 3. The van der Waals surface area contributed by atoms with E-state index in [1.165, 1.54) is 11.8 Å². The van der Waals surface area contributed by atoms with E-state index in [0.717, 1.165) is 9.80 Å². The number of nitrogens with one attached hydrogen (secondary N) is 1. The largest absolute Gasteiger partial charge is 0.457 e. The fourth-order valence-corrected chi connectivity index (χ4v) is 3.43. The van der Waals surface area contributed by atoms with Gasteiger partial charge in [0, 0.05) is 4.90 Å². The number of ketones is 1. The standard InChI is InChI=1S/C21H19N3O4S/c1-21(2)19(26)24(20(27)23-21)12-15(25)13-29-18-9-7-17(8-10-18)28-16-5-3-14(11-22)4-6-16/h3-10H,12-13H2,1-2H3,(H,23,27). The molecule has 1 heterocycles. The molecule has 1 aliphatic rings. The average molecular weight is 409 g/mol. The molecule has 7 nitrogen and oxygen atoms in total. The van der Waals surface area contributed by atoms with Gasteiger partial charge in [0.05, 0.1) is 23.9 Å². The van der Waals surface area contributed by atoms with Gasteiger partial charge in [0.1, 0.15) is 17.0 Å². The summed E-state index contributed by atoms with van der Waals surface area (Å²) in [5.41, 5.74) is -0.416. The van der Waals surface area contributed by atoms with E-state index in [1.54, 1.807) is 50.2 Å². The summed E-state index contributed by atoms with van der Waals surface area (Å²) in [7, 11) is 0. The summed E-state index contributed by atoms with van der Waals surface area (Å²) in [5, 5.41) is 11.4. The Labute approximate surface area is 172 Å². The van der Waals surface area contributed by atoms with Crippen LogP contribution in [0.3, 0.4) is 0 Å². The fourth-order valence-electron chi connectivity index (χ4n) is 2.68. The van der Waals surface area contributed by atoms with Crippen LogP contribution in [0.25, 0.3) is 0 Å². The molecule has 8 heteroatoms. The van der Waals surface area contributed by atoms with Gasteiger partial charge in [-0.3, -0.25) is 14.5 Å². The first kappa shape index (κ1) is 20.4. The Morgan fingerprint density at radius 2 is 1.69 bits per heavy atom. The first-order valence-electron chi connectivity index (χ1n) is 8.85. The van der Waals surface area contributed by atoms with Gasteiger partial charge >= 0.3 is 6.03 Å². The van der Waals surface area contributed by atoms with E-state index in [-0.39, 0.29) is 18.1 Å². The number of hydrogen-bond acceptors (Lipinski definition) is 6. The highest BCUT2D eigenvalue weighted by Crippen LogP contribution is 2.26. The molecule has 1 fully saturated rings. The minimum atomic E-state index is -0.977. The molecule has 0 bridgehead atoms. The molecular weight excluding hydrogens is 390 g/mol. The quantitative estimate of drug-likeness (QED) is 0.556. The number of thioether (sulfide) groups is 1. The molecule has 0 aliphatic carbocycles. The number of carbonyl (C=O) groups is 3. The van der Waals surface area contributed by atoms with Gasteiger partial charge in [0.25, 0.3) is 5.91 Å². The SMILES string of the molecule is CC1(C)NC(=O)N(CC(=O)CSc2ccc(Oc3ccc(C#N)cc3)cc2)C1=O. The summed E-state index contributed by atoms with van der Waals surface area (Å²) in [5.74, 6) is 0.787. The molecule has 0 saturated carbocycles. The van der Waals surface area contributed by atoms with Crippen LogP contribution in [0, 0.1) is 11.3 Å². The lowest BCUT2D eigenvalue weighted by atomic mass is 10.1. The van der Waals surface area contributed by atoms with Gasteiger partial charge in [0.2, 0.25) is 0 Å². The summed E-state index contributed by atoms with van der Waals surface area (Å²) in [6, 6.07) is 15.5. The van der Waals surface area contributed by atoms with E-state index in [2.05, 4.69) is 11.4 Å². The number of ether oxygens (including phenoxy) is 1. The molecule has 0 aromatic heterocycles. The molecule has 0 spiro atoms. The van der Waals surface area contributed by atoms with Crippen LogP contribution in [0.1, 0.15) is 19.4 Å². The third-order valence-corrected chi connectivity index (χ3v) is 5.29. The Balaban J connectivity index is 1.51. The highest BCUT2D eigenvalue weighted by atomic mass is 32.2. The second kappa shape index (κ2) is 8.37. The summed E-state index contributed by atoms with van der Waals surface area (Å²) < 4.78 is 5.72. The molecule has 3 amide bonds. The van der Waals surface area contributed by atoms with Crippen LogP contribution in [0.15, 0.2) is 53.4 Å². The van der Waals surface area contributed by atoms with Crippen LogP contribution in [0.4, 0.5) is 4.79 Å². The highest BCUT2D eigenvalue weighted by Gasteiger charge is 2.44. The zero-order valence-corrected chi connectivity index (χ0v) is 16.8. The first-order chi connectivity index (χ1) is 13.8.